The van der Waals surface area contributed by atoms with E-state index in [1.165, 1.54) is 28.1 Å². The molecule has 2 saturated carbocycles. The standard InChI is InChI=1S/C34H43ClN5O2/c1-23(2)24-10-12-25(13-11-24)40(42)38-20-18-37(19-21-38)26-14-15-27-28(22-26)39-30-9-7-8-29(35)33(30,3)32(41)36-31(39)34(27)16-5-4-6-17-34/h7-9,14-15,22,24-25,30H,1,4-6,10-13,16-21H2,2-3H3/q+1. The van der Waals surface area contributed by atoms with Crippen molar-refractivity contribution in [3.05, 3.63) is 64.1 Å². The Morgan fingerprint density at radius 3 is 2.48 bits per heavy atom. The van der Waals surface area contributed by atoms with Crippen LogP contribution in [0.15, 0.2) is 58.6 Å². The van der Waals surface area contributed by atoms with Gasteiger partial charge < -0.3 is 9.80 Å². The molecule has 7 nitrogen and oxygen atoms in total. The highest BCUT2D eigenvalue weighted by atomic mass is 35.5. The number of carbonyl (C=O) groups is 1. The van der Waals surface area contributed by atoms with Gasteiger partial charge in [0.1, 0.15) is 16.1 Å². The van der Waals surface area contributed by atoms with Gasteiger partial charge in [-0.3, -0.25) is 4.79 Å². The van der Waals surface area contributed by atoms with Crippen LogP contribution in [0.25, 0.3) is 0 Å². The normalized spacial score (nSPS) is 31.7. The van der Waals surface area contributed by atoms with Crippen molar-refractivity contribution in [3.8, 4) is 0 Å². The number of benzene rings is 1. The first-order valence-corrected chi connectivity index (χ1v) is 16.4. The van der Waals surface area contributed by atoms with Crippen LogP contribution in [-0.2, 0) is 10.2 Å². The van der Waals surface area contributed by atoms with Gasteiger partial charge in [0.15, 0.2) is 0 Å². The Hall–Kier alpha value is -2.93. The molecule has 1 amide bonds. The minimum atomic E-state index is -0.889. The Morgan fingerprint density at radius 1 is 1.07 bits per heavy atom. The summed E-state index contributed by atoms with van der Waals surface area (Å²) in [7, 11) is 0. The molecule has 7 rings (SSSR count). The SMILES string of the molecule is C=C(C)C1CCC([N+](=O)N2CCN(c3ccc4c(c3)N3C(=NC(=O)C5(C)C(Cl)=CC=CC35)C43CCCCC3)CC2)CC1. The molecule has 2 atom stereocenters. The number of hydrogen-bond acceptors (Lipinski definition) is 4. The second kappa shape index (κ2) is 10.4. The quantitative estimate of drug-likeness (QED) is 0.291. The summed E-state index contributed by atoms with van der Waals surface area (Å²) < 4.78 is 0. The number of hydrazine groups is 1. The number of amides is 1. The van der Waals surface area contributed by atoms with Gasteiger partial charge in [-0.25, -0.2) is 0 Å². The van der Waals surface area contributed by atoms with E-state index >= 15 is 0 Å². The zero-order valence-corrected chi connectivity index (χ0v) is 25.8. The molecule has 1 spiro atoms. The molecule has 6 aliphatic rings. The number of amidine groups is 1. The van der Waals surface area contributed by atoms with Crippen LogP contribution in [0.5, 0.6) is 0 Å². The first-order chi connectivity index (χ1) is 20.2. The van der Waals surface area contributed by atoms with Crippen molar-refractivity contribution in [1.82, 2.24) is 5.01 Å². The molecule has 0 bridgehead atoms. The lowest BCUT2D eigenvalue weighted by Crippen LogP contribution is -2.58. The Bertz CT molecular complexity index is 1410. The smallest absolute Gasteiger partial charge is 0.261 e. The highest BCUT2D eigenvalue weighted by Gasteiger charge is 2.59. The maximum atomic E-state index is 13.6. The van der Waals surface area contributed by atoms with E-state index in [0.717, 1.165) is 89.1 Å². The largest absolute Gasteiger partial charge is 0.367 e. The molecule has 3 aliphatic heterocycles. The van der Waals surface area contributed by atoms with E-state index in [4.69, 9.17) is 16.6 Å². The number of carbonyl (C=O) groups excluding carboxylic acids is 1. The second-order valence-electron chi connectivity index (χ2n) is 13.6. The van der Waals surface area contributed by atoms with Gasteiger partial charge in [-0.05, 0) is 69.2 Å². The Balaban J connectivity index is 1.14. The molecule has 0 aromatic heterocycles. The molecular formula is C34H43ClN5O2+. The van der Waals surface area contributed by atoms with E-state index in [-0.39, 0.29) is 23.4 Å². The summed E-state index contributed by atoms with van der Waals surface area (Å²) >= 11 is 6.74. The number of anilines is 2. The number of nitroso groups, excluding NO2 is 1. The van der Waals surface area contributed by atoms with Gasteiger partial charge >= 0.3 is 0 Å². The van der Waals surface area contributed by atoms with Gasteiger partial charge in [0.05, 0.1) is 29.5 Å². The molecule has 0 N–H and O–H groups in total. The monoisotopic (exact) mass is 588 g/mol. The fraction of sp³-hybridized carbons (Fsp3) is 0.588. The highest BCUT2D eigenvalue weighted by molar-refractivity contribution is 6.33. The van der Waals surface area contributed by atoms with Crippen LogP contribution in [0.1, 0.15) is 77.2 Å². The van der Waals surface area contributed by atoms with Crippen LogP contribution in [0.4, 0.5) is 11.4 Å². The third-order valence-corrected chi connectivity index (χ3v) is 11.8. The van der Waals surface area contributed by atoms with Gasteiger partial charge in [-0.15, -0.1) is 5.01 Å². The van der Waals surface area contributed by atoms with Crippen LogP contribution in [0, 0.1) is 16.2 Å². The van der Waals surface area contributed by atoms with Gasteiger partial charge in [-0.2, -0.15) is 4.99 Å². The van der Waals surface area contributed by atoms with Crippen LogP contribution in [0.3, 0.4) is 0 Å². The summed E-state index contributed by atoms with van der Waals surface area (Å²) in [6.45, 7) is 11.2. The van der Waals surface area contributed by atoms with Gasteiger partial charge in [-0.1, -0.05) is 61.2 Å². The number of hydrogen-bond donors (Lipinski definition) is 0. The molecule has 222 valence electrons. The van der Waals surface area contributed by atoms with E-state index in [9.17, 15) is 9.70 Å². The fourth-order valence-corrected chi connectivity index (χ4v) is 8.85. The molecule has 0 radical (unpaired) electrons. The van der Waals surface area contributed by atoms with E-state index in [1.54, 1.807) is 0 Å². The summed E-state index contributed by atoms with van der Waals surface area (Å²) in [5.74, 6) is 1.36. The molecule has 3 fully saturated rings. The van der Waals surface area contributed by atoms with Crippen LogP contribution in [0.2, 0.25) is 0 Å². The summed E-state index contributed by atoms with van der Waals surface area (Å²) in [5.41, 5.74) is 3.78. The number of nitrogens with zero attached hydrogens (tertiary/aromatic N) is 5. The maximum Gasteiger partial charge on any atom is 0.261 e. The Morgan fingerprint density at radius 2 is 1.79 bits per heavy atom. The van der Waals surface area contributed by atoms with Crippen molar-refractivity contribution >= 4 is 34.7 Å². The average molecular weight is 589 g/mol. The van der Waals surface area contributed by atoms with Crippen LogP contribution in [-0.4, -0.2) is 59.9 Å². The van der Waals surface area contributed by atoms with E-state index in [0.29, 0.717) is 11.0 Å². The van der Waals surface area contributed by atoms with Gasteiger partial charge in [0, 0.05) is 42.3 Å². The first kappa shape index (κ1) is 27.9. The topological polar surface area (TPSA) is 59.2 Å². The van der Waals surface area contributed by atoms with Crippen molar-refractivity contribution in [3.63, 3.8) is 0 Å². The number of allylic oxidation sites excluding steroid dienone is 3. The number of aliphatic imine (C=N–C) groups is 1. The number of rotatable bonds is 4. The molecule has 1 aromatic rings. The second-order valence-corrected chi connectivity index (χ2v) is 14.0. The minimum absolute atomic E-state index is 0.0806. The van der Waals surface area contributed by atoms with E-state index < -0.39 is 5.41 Å². The number of piperazine rings is 1. The predicted molar refractivity (Wildman–Crippen MR) is 169 cm³/mol. The molecule has 1 saturated heterocycles. The molecule has 42 heavy (non-hydrogen) atoms. The van der Waals surface area contributed by atoms with Gasteiger partial charge in [0.25, 0.3) is 5.91 Å². The molecule has 2 unspecified atom stereocenters. The number of halogens is 1. The van der Waals surface area contributed by atoms with Crippen LogP contribution < -0.4 is 9.80 Å². The Kier molecular flexibility index (Phi) is 6.87. The van der Waals surface area contributed by atoms with E-state index in [2.05, 4.69) is 47.6 Å². The highest BCUT2D eigenvalue weighted by Crippen LogP contribution is 2.57. The van der Waals surface area contributed by atoms with Crippen molar-refractivity contribution < 1.29 is 9.66 Å². The number of fused-ring (bicyclic) bond motifs is 7. The zero-order chi connectivity index (χ0) is 29.2. The summed E-state index contributed by atoms with van der Waals surface area (Å²) in [6.07, 6.45) is 15.5. The van der Waals surface area contributed by atoms with Crippen molar-refractivity contribution in [1.29, 1.82) is 0 Å². The van der Waals surface area contributed by atoms with Gasteiger partial charge in [0.2, 0.25) is 6.04 Å². The molecule has 8 heteroatoms. The summed E-state index contributed by atoms with van der Waals surface area (Å²) in [5, 5.41) is 2.57. The molecule has 3 aliphatic carbocycles. The lowest BCUT2D eigenvalue weighted by Gasteiger charge is -2.47. The average Bonchev–Trinajstić information content (AvgIpc) is 3.26. The molecule has 3 heterocycles. The maximum absolute atomic E-state index is 13.6. The third-order valence-electron chi connectivity index (χ3n) is 11.3. The Labute approximate surface area is 254 Å². The molecule has 1 aromatic carbocycles. The summed E-state index contributed by atoms with van der Waals surface area (Å²) in [4.78, 5) is 37.8. The van der Waals surface area contributed by atoms with Crippen molar-refractivity contribution in [2.45, 2.75) is 89.1 Å². The molecular weight excluding hydrogens is 546 g/mol. The third kappa shape index (κ3) is 4.13. The minimum Gasteiger partial charge on any atom is -0.367 e. The summed E-state index contributed by atoms with van der Waals surface area (Å²) in [6, 6.07) is 6.75. The first-order valence-electron chi connectivity index (χ1n) is 16.0. The predicted octanol–water partition coefficient (Wildman–Crippen LogP) is 6.67. The van der Waals surface area contributed by atoms with Crippen molar-refractivity contribution in [2.75, 3.05) is 36.0 Å². The van der Waals surface area contributed by atoms with Crippen LogP contribution >= 0.6 is 11.6 Å². The van der Waals surface area contributed by atoms with Crippen molar-refractivity contribution in [2.24, 2.45) is 16.3 Å². The fourth-order valence-electron chi connectivity index (χ4n) is 8.59. The lowest BCUT2D eigenvalue weighted by atomic mass is 9.69. The lowest BCUT2D eigenvalue weighted by molar-refractivity contribution is -0.737. The van der Waals surface area contributed by atoms with E-state index in [1.807, 2.05) is 24.1 Å². The zero-order valence-electron chi connectivity index (χ0n) is 25.0.